The molecule has 2 heterocycles. The van der Waals surface area contributed by atoms with Crippen LogP contribution in [-0.2, 0) is 11.8 Å². The molecule has 78 valence electrons. The number of aryl methyl sites for hydroxylation is 1. The van der Waals surface area contributed by atoms with Crippen LogP contribution >= 0.6 is 0 Å². The van der Waals surface area contributed by atoms with Crippen molar-refractivity contribution in [2.24, 2.45) is 7.05 Å². The molecule has 0 atom stereocenters. The Morgan fingerprint density at radius 1 is 1.60 bits per heavy atom. The number of carbonyl (C=O) groups is 1. The fourth-order valence-electron chi connectivity index (χ4n) is 1.35. The minimum atomic E-state index is -0.452. The van der Waals surface area contributed by atoms with Crippen molar-refractivity contribution in [1.29, 1.82) is 0 Å². The van der Waals surface area contributed by atoms with Crippen molar-refractivity contribution in [3.05, 3.63) is 24.3 Å². The third-order valence-corrected chi connectivity index (χ3v) is 2.02. The smallest absolute Gasteiger partial charge is 0.359 e. The van der Waals surface area contributed by atoms with E-state index in [2.05, 4.69) is 20.0 Å². The number of nitrogens with one attached hydrogen (secondary N) is 1. The molecule has 0 spiro atoms. The van der Waals surface area contributed by atoms with Gasteiger partial charge in [-0.25, -0.2) is 4.79 Å². The van der Waals surface area contributed by atoms with Crippen molar-refractivity contribution in [1.82, 2.24) is 20.0 Å². The molecule has 0 aromatic carbocycles. The van der Waals surface area contributed by atoms with E-state index in [0.717, 1.165) is 5.56 Å². The highest BCUT2D eigenvalue weighted by molar-refractivity contribution is 5.94. The Bertz CT molecular complexity index is 472. The molecule has 0 saturated carbocycles. The van der Waals surface area contributed by atoms with Gasteiger partial charge in [-0.1, -0.05) is 0 Å². The monoisotopic (exact) mass is 206 g/mol. The topological polar surface area (TPSA) is 72.8 Å². The summed E-state index contributed by atoms with van der Waals surface area (Å²) < 4.78 is 6.21. The van der Waals surface area contributed by atoms with Crippen molar-refractivity contribution >= 4 is 5.97 Å². The van der Waals surface area contributed by atoms with Gasteiger partial charge in [0.2, 0.25) is 0 Å². The molecule has 2 rings (SSSR count). The quantitative estimate of drug-likeness (QED) is 0.730. The summed E-state index contributed by atoms with van der Waals surface area (Å²) in [6.07, 6.45) is 5.07. The van der Waals surface area contributed by atoms with Crippen LogP contribution in [0.1, 0.15) is 10.5 Å². The van der Waals surface area contributed by atoms with Crippen LogP contribution in [-0.4, -0.2) is 33.1 Å². The third kappa shape index (κ3) is 1.61. The van der Waals surface area contributed by atoms with E-state index in [1.807, 2.05) is 0 Å². The summed E-state index contributed by atoms with van der Waals surface area (Å²) in [6.45, 7) is 0. The Morgan fingerprint density at radius 2 is 2.40 bits per heavy atom. The van der Waals surface area contributed by atoms with Gasteiger partial charge in [0.15, 0.2) is 5.69 Å². The SMILES string of the molecule is COC(=O)c1nn(C)cc1-c1cn[nH]c1. The normalized spacial score (nSPS) is 10.3. The Hall–Kier alpha value is -2.11. The fourth-order valence-corrected chi connectivity index (χ4v) is 1.35. The summed E-state index contributed by atoms with van der Waals surface area (Å²) >= 11 is 0. The van der Waals surface area contributed by atoms with Crippen LogP contribution in [0.5, 0.6) is 0 Å². The van der Waals surface area contributed by atoms with Gasteiger partial charge >= 0.3 is 5.97 Å². The number of rotatable bonds is 2. The van der Waals surface area contributed by atoms with Gasteiger partial charge in [0.25, 0.3) is 0 Å². The first-order valence-corrected chi connectivity index (χ1v) is 4.33. The number of aromatic amines is 1. The van der Waals surface area contributed by atoms with E-state index >= 15 is 0 Å². The van der Waals surface area contributed by atoms with E-state index in [1.54, 1.807) is 30.3 Å². The van der Waals surface area contributed by atoms with E-state index in [9.17, 15) is 4.79 Å². The van der Waals surface area contributed by atoms with Gasteiger partial charge in [0, 0.05) is 30.6 Å². The zero-order chi connectivity index (χ0) is 10.8. The summed E-state index contributed by atoms with van der Waals surface area (Å²) in [7, 11) is 3.08. The fraction of sp³-hybridized carbons (Fsp3) is 0.222. The Morgan fingerprint density at radius 3 is 3.00 bits per heavy atom. The molecule has 0 aliphatic rings. The molecule has 6 nitrogen and oxygen atoms in total. The Balaban J connectivity index is 2.52. The summed E-state index contributed by atoms with van der Waals surface area (Å²) in [5, 5.41) is 10.5. The molecule has 0 amide bonds. The molecule has 0 aliphatic heterocycles. The minimum absolute atomic E-state index is 0.293. The zero-order valence-electron chi connectivity index (χ0n) is 8.39. The maximum Gasteiger partial charge on any atom is 0.359 e. The number of ether oxygens (including phenoxy) is 1. The lowest BCUT2D eigenvalue weighted by Gasteiger charge is -1.96. The van der Waals surface area contributed by atoms with Crippen LogP contribution in [0.3, 0.4) is 0 Å². The van der Waals surface area contributed by atoms with E-state index in [0.29, 0.717) is 11.3 Å². The second-order valence-electron chi connectivity index (χ2n) is 3.04. The molecule has 0 radical (unpaired) electrons. The van der Waals surface area contributed by atoms with Crippen LogP contribution < -0.4 is 0 Å². The summed E-state index contributed by atoms with van der Waals surface area (Å²) in [5.41, 5.74) is 1.81. The first kappa shape index (κ1) is 9.45. The van der Waals surface area contributed by atoms with Crippen LogP contribution in [0, 0.1) is 0 Å². The average molecular weight is 206 g/mol. The van der Waals surface area contributed by atoms with E-state index in [4.69, 9.17) is 0 Å². The molecule has 2 aromatic rings. The Kier molecular flexibility index (Phi) is 2.24. The minimum Gasteiger partial charge on any atom is -0.464 e. The van der Waals surface area contributed by atoms with Crippen LogP contribution in [0.25, 0.3) is 11.1 Å². The van der Waals surface area contributed by atoms with Crippen molar-refractivity contribution in [3.63, 3.8) is 0 Å². The standard InChI is InChI=1S/C9H10N4O2/c1-13-5-7(6-3-10-11-4-6)8(12-13)9(14)15-2/h3-5H,1-2H3,(H,10,11). The predicted octanol–water partition coefficient (Wildman–Crippen LogP) is 0.597. The van der Waals surface area contributed by atoms with E-state index in [1.165, 1.54) is 7.11 Å². The highest BCUT2D eigenvalue weighted by atomic mass is 16.5. The predicted molar refractivity (Wildman–Crippen MR) is 52.1 cm³/mol. The molecular weight excluding hydrogens is 196 g/mol. The molecule has 0 aliphatic carbocycles. The lowest BCUT2D eigenvalue weighted by Crippen LogP contribution is -2.04. The Labute approximate surface area is 85.9 Å². The molecule has 15 heavy (non-hydrogen) atoms. The number of hydrogen-bond acceptors (Lipinski definition) is 4. The van der Waals surface area contributed by atoms with Crippen molar-refractivity contribution in [2.75, 3.05) is 7.11 Å². The van der Waals surface area contributed by atoms with Crippen molar-refractivity contribution < 1.29 is 9.53 Å². The molecule has 0 unspecified atom stereocenters. The number of carbonyl (C=O) groups excluding carboxylic acids is 1. The highest BCUT2D eigenvalue weighted by Crippen LogP contribution is 2.21. The molecule has 2 aromatic heterocycles. The molecule has 0 fully saturated rings. The first-order valence-electron chi connectivity index (χ1n) is 4.33. The van der Waals surface area contributed by atoms with E-state index in [-0.39, 0.29) is 0 Å². The maximum absolute atomic E-state index is 11.4. The maximum atomic E-state index is 11.4. The van der Waals surface area contributed by atoms with Crippen LogP contribution in [0.15, 0.2) is 18.6 Å². The number of hydrogen-bond donors (Lipinski definition) is 1. The van der Waals surface area contributed by atoms with Crippen molar-refractivity contribution in [2.45, 2.75) is 0 Å². The summed E-state index contributed by atoms with van der Waals surface area (Å²) in [5.74, 6) is -0.452. The molecule has 0 saturated heterocycles. The number of esters is 1. The van der Waals surface area contributed by atoms with Gasteiger partial charge in [-0.2, -0.15) is 10.2 Å². The average Bonchev–Trinajstić information content (AvgIpc) is 2.84. The van der Waals surface area contributed by atoms with Crippen LogP contribution in [0.2, 0.25) is 0 Å². The van der Waals surface area contributed by atoms with Gasteiger partial charge in [-0.3, -0.25) is 9.78 Å². The third-order valence-electron chi connectivity index (χ3n) is 2.02. The second kappa shape index (κ2) is 3.56. The zero-order valence-corrected chi connectivity index (χ0v) is 8.39. The first-order chi connectivity index (χ1) is 7.22. The molecular formula is C9H10N4O2. The van der Waals surface area contributed by atoms with Gasteiger partial charge in [-0.05, 0) is 0 Å². The summed E-state index contributed by atoms with van der Waals surface area (Å²) in [4.78, 5) is 11.4. The van der Waals surface area contributed by atoms with Crippen LogP contribution in [0.4, 0.5) is 0 Å². The highest BCUT2D eigenvalue weighted by Gasteiger charge is 2.18. The molecule has 0 bridgehead atoms. The number of nitrogens with zero attached hydrogens (tertiary/aromatic N) is 3. The lowest BCUT2D eigenvalue weighted by atomic mass is 10.1. The van der Waals surface area contributed by atoms with Gasteiger partial charge < -0.3 is 4.74 Å². The van der Waals surface area contributed by atoms with Gasteiger partial charge in [-0.15, -0.1) is 0 Å². The number of methoxy groups -OCH3 is 1. The van der Waals surface area contributed by atoms with Gasteiger partial charge in [0.05, 0.1) is 13.3 Å². The second-order valence-corrected chi connectivity index (χ2v) is 3.04. The number of H-pyrrole nitrogens is 1. The molecule has 1 N–H and O–H groups in total. The van der Waals surface area contributed by atoms with Crippen molar-refractivity contribution in [3.8, 4) is 11.1 Å². The largest absolute Gasteiger partial charge is 0.464 e. The number of aromatic nitrogens is 4. The van der Waals surface area contributed by atoms with E-state index < -0.39 is 5.97 Å². The molecule has 6 heteroatoms. The van der Waals surface area contributed by atoms with Gasteiger partial charge in [0.1, 0.15) is 0 Å². The summed E-state index contributed by atoms with van der Waals surface area (Å²) in [6, 6.07) is 0. The lowest BCUT2D eigenvalue weighted by molar-refractivity contribution is 0.0594.